The van der Waals surface area contributed by atoms with E-state index >= 15 is 0 Å². The molecule has 2 fully saturated rings. The summed E-state index contributed by atoms with van der Waals surface area (Å²) in [5, 5.41) is 0. The summed E-state index contributed by atoms with van der Waals surface area (Å²) < 4.78 is 6.05. The normalized spacial score (nSPS) is 35.6. The molecule has 3 nitrogen and oxygen atoms in total. The van der Waals surface area contributed by atoms with Gasteiger partial charge in [-0.2, -0.15) is 0 Å². The van der Waals surface area contributed by atoms with Crippen molar-refractivity contribution in [1.82, 2.24) is 4.90 Å². The number of nitrogens with zero attached hydrogens (tertiary/aromatic N) is 1. The average Bonchev–Trinajstić information content (AvgIpc) is 2.84. The summed E-state index contributed by atoms with van der Waals surface area (Å²) >= 11 is 0. The Morgan fingerprint density at radius 3 is 2.57 bits per heavy atom. The number of amides is 1. The molecule has 2 aliphatic heterocycles. The Labute approximate surface area is 127 Å². The third-order valence-electron chi connectivity index (χ3n) is 5.07. The van der Waals surface area contributed by atoms with Gasteiger partial charge in [-0.15, -0.1) is 0 Å². The molecule has 0 spiro atoms. The fourth-order valence-corrected chi connectivity index (χ4v) is 4.03. The minimum absolute atomic E-state index is 0.208. The molecule has 0 bridgehead atoms. The van der Waals surface area contributed by atoms with Crippen LogP contribution in [-0.4, -0.2) is 29.2 Å². The van der Waals surface area contributed by atoms with E-state index in [0.717, 1.165) is 12.8 Å². The van der Waals surface area contributed by atoms with Gasteiger partial charge in [0.2, 0.25) is 5.91 Å². The lowest BCUT2D eigenvalue weighted by Gasteiger charge is -2.31. The van der Waals surface area contributed by atoms with E-state index in [1.165, 1.54) is 5.56 Å². The lowest BCUT2D eigenvalue weighted by molar-refractivity contribution is -0.141. The van der Waals surface area contributed by atoms with Crippen molar-refractivity contribution in [3.05, 3.63) is 35.9 Å². The van der Waals surface area contributed by atoms with Crippen LogP contribution in [0.3, 0.4) is 0 Å². The highest BCUT2D eigenvalue weighted by molar-refractivity contribution is 5.86. The van der Waals surface area contributed by atoms with Crippen molar-refractivity contribution < 1.29 is 9.53 Å². The topological polar surface area (TPSA) is 29.5 Å². The van der Waals surface area contributed by atoms with E-state index in [1.54, 1.807) is 0 Å². The zero-order valence-electron chi connectivity index (χ0n) is 13.4. The van der Waals surface area contributed by atoms with Crippen LogP contribution < -0.4 is 0 Å². The van der Waals surface area contributed by atoms with Gasteiger partial charge in [0.25, 0.3) is 0 Å². The lowest BCUT2D eigenvalue weighted by Crippen LogP contribution is -2.46. The first-order valence-electron chi connectivity index (χ1n) is 7.87. The molecule has 0 saturated carbocycles. The molecular weight excluding hydrogens is 262 g/mol. The Morgan fingerprint density at radius 2 is 1.95 bits per heavy atom. The summed E-state index contributed by atoms with van der Waals surface area (Å²) in [6.07, 6.45) is 1.56. The third kappa shape index (κ3) is 2.28. The number of hydrogen-bond donors (Lipinski definition) is 0. The van der Waals surface area contributed by atoms with Gasteiger partial charge in [-0.25, -0.2) is 0 Å². The second-order valence-corrected chi connectivity index (χ2v) is 7.37. The van der Waals surface area contributed by atoms with Gasteiger partial charge in [-0.3, -0.25) is 4.79 Å². The number of hydrogen-bond acceptors (Lipinski definition) is 2. The van der Waals surface area contributed by atoms with Crippen molar-refractivity contribution in [1.29, 1.82) is 0 Å². The van der Waals surface area contributed by atoms with Crippen LogP contribution in [0.1, 0.15) is 39.7 Å². The molecule has 0 radical (unpaired) electrons. The van der Waals surface area contributed by atoms with Crippen LogP contribution in [0.2, 0.25) is 0 Å². The van der Waals surface area contributed by atoms with E-state index in [0.29, 0.717) is 12.5 Å². The number of benzene rings is 1. The van der Waals surface area contributed by atoms with Crippen molar-refractivity contribution in [2.24, 2.45) is 11.3 Å². The second kappa shape index (κ2) is 4.84. The maximum atomic E-state index is 13.1. The second-order valence-electron chi connectivity index (χ2n) is 7.37. The molecule has 1 amide bonds. The minimum atomic E-state index is -0.421. The van der Waals surface area contributed by atoms with Gasteiger partial charge in [0.1, 0.15) is 5.72 Å². The van der Waals surface area contributed by atoms with Crippen molar-refractivity contribution in [2.75, 3.05) is 6.61 Å². The van der Waals surface area contributed by atoms with Crippen LogP contribution in [0.4, 0.5) is 0 Å². The number of ether oxygens (including phenoxy) is 1. The monoisotopic (exact) mass is 287 g/mol. The van der Waals surface area contributed by atoms with Crippen molar-refractivity contribution in [3.8, 4) is 0 Å². The highest BCUT2D eigenvalue weighted by Gasteiger charge is 2.61. The SMILES string of the molecule is CC(C)[C@H]1CO[C@]2(C)C[C@@](C)(Cc3ccccc3)C(=O)N12. The van der Waals surface area contributed by atoms with E-state index in [2.05, 4.69) is 39.8 Å². The average molecular weight is 287 g/mol. The van der Waals surface area contributed by atoms with Crippen LogP contribution in [-0.2, 0) is 16.0 Å². The van der Waals surface area contributed by atoms with Gasteiger partial charge in [-0.05, 0) is 24.8 Å². The maximum Gasteiger partial charge on any atom is 0.231 e. The highest BCUT2D eigenvalue weighted by atomic mass is 16.5. The van der Waals surface area contributed by atoms with Crippen LogP contribution in [0.5, 0.6) is 0 Å². The first-order chi connectivity index (χ1) is 9.86. The van der Waals surface area contributed by atoms with Crippen molar-refractivity contribution >= 4 is 5.91 Å². The van der Waals surface area contributed by atoms with Crippen LogP contribution in [0.15, 0.2) is 30.3 Å². The quantitative estimate of drug-likeness (QED) is 0.854. The molecule has 3 rings (SSSR count). The van der Waals surface area contributed by atoms with Crippen LogP contribution in [0, 0.1) is 11.3 Å². The molecule has 114 valence electrons. The summed E-state index contributed by atoms with van der Waals surface area (Å²) in [5.74, 6) is 0.680. The summed E-state index contributed by atoms with van der Waals surface area (Å²) in [6.45, 7) is 9.16. The highest BCUT2D eigenvalue weighted by Crippen LogP contribution is 2.50. The van der Waals surface area contributed by atoms with Gasteiger partial charge in [0.05, 0.1) is 18.1 Å². The van der Waals surface area contributed by atoms with Crippen molar-refractivity contribution in [3.63, 3.8) is 0 Å². The largest absolute Gasteiger partial charge is 0.354 e. The fourth-order valence-electron chi connectivity index (χ4n) is 4.03. The molecule has 0 N–H and O–H groups in total. The summed E-state index contributed by atoms with van der Waals surface area (Å²) in [4.78, 5) is 15.1. The molecule has 21 heavy (non-hydrogen) atoms. The number of carbonyl (C=O) groups is 1. The van der Waals surface area contributed by atoms with E-state index in [-0.39, 0.29) is 17.4 Å². The summed E-state index contributed by atoms with van der Waals surface area (Å²) in [7, 11) is 0. The molecule has 1 aromatic rings. The van der Waals surface area contributed by atoms with Gasteiger partial charge in [0, 0.05) is 6.42 Å². The Balaban J connectivity index is 1.88. The van der Waals surface area contributed by atoms with Gasteiger partial charge in [0.15, 0.2) is 0 Å². The molecule has 2 aliphatic rings. The first kappa shape index (κ1) is 14.6. The van der Waals surface area contributed by atoms with E-state index in [4.69, 9.17) is 4.74 Å². The Morgan fingerprint density at radius 1 is 1.29 bits per heavy atom. The predicted molar refractivity (Wildman–Crippen MR) is 82.7 cm³/mol. The standard InChI is InChI=1S/C18H25NO2/c1-13(2)15-11-21-18(4)12-17(3,16(20)19(15)18)10-14-8-6-5-7-9-14/h5-9,13,15H,10-12H2,1-4H3/t15-,17-,18-/m1/s1. The molecular formula is C18H25NO2. The third-order valence-corrected chi connectivity index (χ3v) is 5.07. The van der Waals surface area contributed by atoms with E-state index < -0.39 is 5.72 Å². The zero-order valence-corrected chi connectivity index (χ0v) is 13.4. The number of rotatable bonds is 3. The summed E-state index contributed by atoms with van der Waals surface area (Å²) in [5.41, 5.74) is 0.443. The maximum absolute atomic E-state index is 13.1. The molecule has 0 unspecified atom stereocenters. The van der Waals surface area contributed by atoms with E-state index in [9.17, 15) is 4.79 Å². The van der Waals surface area contributed by atoms with Gasteiger partial charge >= 0.3 is 0 Å². The lowest BCUT2D eigenvalue weighted by atomic mass is 9.80. The number of fused-ring (bicyclic) bond motifs is 1. The predicted octanol–water partition coefficient (Wildman–Crippen LogP) is 3.24. The van der Waals surface area contributed by atoms with Gasteiger partial charge < -0.3 is 9.64 Å². The molecule has 2 heterocycles. The summed E-state index contributed by atoms with van der Waals surface area (Å²) in [6, 6.07) is 10.5. The Kier molecular flexibility index (Phi) is 3.36. The fraction of sp³-hybridized carbons (Fsp3) is 0.611. The molecule has 0 aromatic heterocycles. The number of carbonyl (C=O) groups excluding carboxylic acids is 1. The smallest absolute Gasteiger partial charge is 0.231 e. The first-order valence-corrected chi connectivity index (χ1v) is 7.87. The Bertz CT molecular complexity index is 541. The van der Waals surface area contributed by atoms with Crippen LogP contribution in [0.25, 0.3) is 0 Å². The molecule has 1 aromatic carbocycles. The molecule has 2 saturated heterocycles. The van der Waals surface area contributed by atoms with Gasteiger partial charge in [-0.1, -0.05) is 51.1 Å². The minimum Gasteiger partial charge on any atom is -0.354 e. The van der Waals surface area contributed by atoms with Crippen LogP contribution >= 0.6 is 0 Å². The Hall–Kier alpha value is -1.35. The molecule has 3 heteroatoms. The molecule has 0 aliphatic carbocycles. The molecule has 3 atom stereocenters. The van der Waals surface area contributed by atoms with Crippen molar-refractivity contribution in [2.45, 2.75) is 52.3 Å². The van der Waals surface area contributed by atoms with E-state index in [1.807, 2.05) is 23.1 Å². The zero-order chi connectivity index (χ0) is 15.3.